The normalized spacial score (nSPS) is 17.3. The van der Waals surface area contributed by atoms with Gasteiger partial charge in [-0.05, 0) is 54.2 Å². The number of nitrogens with zero attached hydrogens (tertiary/aromatic N) is 5. The predicted molar refractivity (Wildman–Crippen MR) is 143 cm³/mol. The van der Waals surface area contributed by atoms with Gasteiger partial charge >= 0.3 is 5.97 Å². The number of fused-ring (bicyclic) bond motifs is 3. The molecule has 0 radical (unpaired) electrons. The molecule has 0 amide bonds. The summed E-state index contributed by atoms with van der Waals surface area (Å²) >= 11 is 0. The Balaban J connectivity index is 1.54. The van der Waals surface area contributed by atoms with Crippen LogP contribution in [0.3, 0.4) is 0 Å². The monoisotopic (exact) mass is 517 g/mol. The second kappa shape index (κ2) is 9.90. The number of methoxy groups -OCH3 is 2. The fourth-order valence-corrected chi connectivity index (χ4v) is 5.24. The van der Waals surface area contributed by atoms with Crippen molar-refractivity contribution in [2.75, 3.05) is 27.4 Å². The average Bonchev–Trinajstić information content (AvgIpc) is 3.55. The van der Waals surface area contributed by atoms with Crippen molar-refractivity contribution in [1.82, 2.24) is 24.5 Å². The number of benzene rings is 2. The molecule has 1 fully saturated rings. The molecule has 9 heteroatoms. The summed E-state index contributed by atoms with van der Waals surface area (Å²) in [6, 6.07) is 15.2. The van der Waals surface area contributed by atoms with Gasteiger partial charge in [0, 0.05) is 48.0 Å². The van der Waals surface area contributed by atoms with Crippen LogP contribution >= 0.6 is 0 Å². The highest BCUT2D eigenvalue weighted by molar-refractivity contribution is 6.08. The largest absolute Gasteiger partial charge is 0.478 e. The summed E-state index contributed by atoms with van der Waals surface area (Å²) in [6.45, 7) is -0.925. The van der Waals surface area contributed by atoms with E-state index in [1.165, 1.54) is 18.9 Å². The quantitative estimate of drug-likeness (QED) is 0.301. The fraction of sp³-hybridized carbons (Fsp3) is 0.310. The molecule has 0 saturated carbocycles. The van der Waals surface area contributed by atoms with Crippen LogP contribution in [0.5, 0.6) is 5.88 Å². The van der Waals surface area contributed by atoms with Crippen LogP contribution in [0, 0.1) is 0 Å². The molecule has 4 heterocycles. The Morgan fingerprint density at radius 2 is 2.05 bits per heavy atom. The molecular weight excluding hydrogens is 482 g/mol. The highest BCUT2D eigenvalue weighted by Crippen LogP contribution is 2.35. The van der Waals surface area contributed by atoms with Gasteiger partial charge in [-0.25, -0.2) is 9.48 Å². The van der Waals surface area contributed by atoms with Crippen molar-refractivity contribution in [2.45, 2.75) is 25.3 Å². The van der Waals surface area contributed by atoms with Crippen molar-refractivity contribution in [1.29, 1.82) is 0 Å². The average molecular weight is 518 g/mol. The van der Waals surface area contributed by atoms with Gasteiger partial charge in [-0.3, -0.25) is 4.98 Å². The molecule has 0 atom stereocenters. The number of pyridine rings is 1. The molecule has 38 heavy (non-hydrogen) atoms. The first-order chi connectivity index (χ1) is 20.9. The van der Waals surface area contributed by atoms with Crippen LogP contribution in [0.4, 0.5) is 0 Å². The molecule has 3 aromatic heterocycles. The first-order valence-electron chi connectivity index (χ1n) is 15.3. The molecule has 194 valence electrons. The second-order valence-corrected chi connectivity index (χ2v) is 9.29. The van der Waals surface area contributed by atoms with Crippen LogP contribution in [0.15, 0.2) is 54.7 Å². The summed E-state index contributed by atoms with van der Waals surface area (Å²) in [5, 5.41) is 8.18. The van der Waals surface area contributed by atoms with E-state index in [-0.39, 0.29) is 11.3 Å². The highest BCUT2D eigenvalue weighted by atomic mass is 16.5. The number of rotatable bonds is 6. The van der Waals surface area contributed by atoms with E-state index >= 15 is 0 Å². The van der Waals surface area contributed by atoms with Crippen molar-refractivity contribution in [3.63, 3.8) is 0 Å². The maximum atomic E-state index is 12.5. The molecule has 0 spiro atoms. The summed E-state index contributed by atoms with van der Waals surface area (Å²) in [5.41, 5.74) is 4.63. The number of carbonyl (C=O) groups excluding carboxylic acids is 1. The van der Waals surface area contributed by atoms with Crippen molar-refractivity contribution in [3.8, 4) is 17.1 Å². The summed E-state index contributed by atoms with van der Waals surface area (Å²) in [5.74, 6) is -0.551. The van der Waals surface area contributed by atoms with Gasteiger partial charge in [-0.1, -0.05) is 34.6 Å². The summed E-state index contributed by atoms with van der Waals surface area (Å²) in [7, 11) is -1.57. The van der Waals surface area contributed by atoms with Crippen LogP contribution < -0.4 is 4.74 Å². The minimum Gasteiger partial charge on any atom is -0.478 e. The Kier molecular flexibility index (Phi) is 4.71. The molecular formula is C29H29N5O4. The lowest BCUT2D eigenvalue weighted by atomic mass is 9.91. The number of ether oxygens (including phenoxy) is 3. The molecule has 5 aromatic rings. The molecule has 9 nitrogen and oxygen atoms in total. The van der Waals surface area contributed by atoms with Gasteiger partial charge in [0.25, 0.3) is 5.88 Å². The Morgan fingerprint density at radius 3 is 2.87 bits per heavy atom. The lowest BCUT2D eigenvalue weighted by Gasteiger charge is -2.23. The Bertz CT molecular complexity index is 1860. The van der Waals surface area contributed by atoms with Gasteiger partial charge in [0.15, 0.2) is 0 Å². The SMILES string of the molecule is [2H]C([2H])([2H])Oc1nnn(C([2H])([2H])[2H])c1-c1cnc2c3ccc(C(=O)OC)cc3n(Cc3cccc(C4CCOCC4)c3)c2c1. The van der Waals surface area contributed by atoms with E-state index < -0.39 is 25.9 Å². The summed E-state index contributed by atoms with van der Waals surface area (Å²) < 4.78 is 64.7. The molecule has 0 N–H and O–H groups in total. The van der Waals surface area contributed by atoms with Crippen LogP contribution in [0.25, 0.3) is 33.2 Å². The van der Waals surface area contributed by atoms with E-state index in [0.29, 0.717) is 39.3 Å². The van der Waals surface area contributed by atoms with Crippen molar-refractivity contribution in [2.24, 2.45) is 6.98 Å². The molecule has 1 aliphatic heterocycles. The van der Waals surface area contributed by atoms with E-state index in [4.69, 9.17) is 22.4 Å². The molecule has 0 bridgehead atoms. The topological polar surface area (TPSA) is 93.3 Å². The third kappa shape index (κ3) is 4.18. The van der Waals surface area contributed by atoms with Gasteiger partial charge in [-0.15, -0.1) is 0 Å². The minimum absolute atomic E-state index is 0.149. The molecule has 1 aliphatic rings. The Morgan fingerprint density at radius 1 is 1.16 bits per heavy atom. The van der Waals surface area contributed by atoms with Crippen molar-refractivity contribution < 1.29 is 27.2 Å². The van der Waals surface area contributed by atoms with E-state index in [1.807, 2.05) is 16.7 Å². The zero-order valence-electron chi connectivity index (χ0n) is 26.7. The number of aromatic nitrogens is 5. The predicted octanol–water partition coefficient (Wildman–Crippen LogP) is 4.72. The standard InChI is InChI=1S/C29H29N5O4/c1-33-27(28(36-2)31-32-33)22-15-25-26(30-16-22)23-8-7-21(29(35)37-3)14-24(23)34(25)17-18-5-4-6-20(13-18)19-9-11-38-12-10-19/h4-8,13-16,19H,9-12,17H2,1-3H3/i1D3,2D3. The van der Waals surface area contributed by atoms with Crippen LogP contribution in [-0.2, 0) is 23.0 Å². The zero-order chi connectivity index (χ0) is 31.2. The number of carbonyl (C=O) groups is 1. The second-order valence-electron chi connectivity index (χ2n) is 9.29. The van der Waals surface area contributed by atoms with Gasteiger partial charge < -0.3 is 18.8 Å². The van der Waals surface area contributed by atoms with Crippen LogP contribution in [0.2, 0.25) is 0 Å². The van der Waals surface area contributed by atoms with Crippen molar-refractivity contribution in [3.05, 3.63) is 71.4 Å². The molecule has 0 unspecified atom stereocenters. The summed E-state index contributed by atoms with van der Waals surface area (Å²) in [4.78, 5) is 17.1. The summed E-state index contributed by atoms with van der Waals surface area (Å²) in [6.07, 6.45) is 3.32. The smallest absolute Gasteiger partial charge is 0.337 e. The molecule has 6 rings (SSSR count). The lowest BCUT2D eigenvalue weighted by molar-refractivity contribution is 0.0601. The first kappa shape index (κ1) is 18.1. The maximum Gasteiger partial charge on any atom is 0.337 e. The molecule has 0 aliphatic carbocycles. The third-order valence-corrected chi connectivity index (χ3v) is 7.12. The fourth-order valence-electron chi connectivity index (χ4n) is 5.24. The number of esters is 1. The van der Waals surface area contributed by atoms with Gasteiger partial charge in [0.1, 0.15) is 5.69 Å². The van der Waals surface area contributed by atoms with E-state index in [2.05, 4.69) is 27.4 Å². The Hall–Kier alpha value is -4.24. The van der Waals surface area contributed by atoms with Crippen LogP contribution in [-0.4, -0.2) is 57.9 Å². The van der Waals surface area contributed by atoms with Gasteiger partial charge in [0.05, 0.1) is 40.4 Å². The number of hydrogen-bond acceptors (Lipinski definition) is 7. The first-order valence-corrected chi connectivity index (χ1v) is 12.3. The minimum atomic E-state index is -2.89. The lowest BCUT2D eigenvalue weighted by Crippen LogP contribution is -2.14. The third-order valence-electron chi connectivity index (χ3n) is 7.12. The van der Waals surface area contributed by atoms with E-state index in [0.717, 1.165) is 37.0 Å². The van der Waals surface area contributed by atoms with E-state index in [1.54, 1.807) is 24.3 Å². The molecule has 2 aromatic carbocycles. The maximum absolute atomic E-state index is 12.5. The van der Waals surface area contributed by atoms with Crippen LogP contribution in [0.1, 0.15) is 48.5 Å². The van der Waals surface area contributed by atoms with E-state index in [9.17, 15) is 4.79 Å². The molecule has 1 saturated heterocycles. The number of hydrogen-bond donors (Lipinski definition) is 0. The zero-order valence-corrected chi connectivity index (χ0v) is 20.7. The highest BCUT2D eigenvalue weighted by Gasteiger charge is 2.20. The van der Waals surface area contributed by atoms with Gasteiger partial charge in [-0.2, -0.15) is 0 Å². The van der Waals surface area contributed by atoms with Crippen molar-refractivity contribution >= 4 is 27.9 Å². The number of aryl methyl sites for hydroxylation is 1. The Labute approximate surface area is 228 Å². The van der Waals surface area contributed by atoms with Gasteiger partial charge in [0.2, 0.25) is 0 Å².